The van der Waals surface area contributed by atoms with Crippen LogP contribution in [0.2, 0.25) is 0 Å². The number of likely N-dealkylation sites (N-methyl/N-ethyl adjacent to an activating group) is 1. The Balaban J connectivity index is 1.62. The Bertz CT molecular complexity index is 1310. The first kappa shape index (κ1) is 17.6. The Hall–Kier alpha value is -3.28. The lowest BCUT2D eigenvalue weighted by atomic mass is 10.1. The van der Waals surface area contributed by atoms with Gasteiger partial charge in [0.15, 0.2) is 5.82 Å². The van der Waals surface area contributed by atoms with Gasteiger partial charge in [-0.3, -0.25) is 0 Å². The number of benzene rings is 2. The number of anilines is 1. The highest BCUT2D eigenvalue weighted by Crippen LogP contribution is 2.39. The van der Waals surface area contributed by atoms with Crippen molar-refractivity contribution in [2.45, 2.75) is 25.9 Å². The van der Waals surface area contributed by atoms with E-state index < -0.39 is 0 Å². The van der Waals surface area contributed by atoms with Crippen LogP contribution in [0.15, 0.2) is 42.5 Å². The van der Waals surface area contributed by atoms with Gasteiger partial charge >= 0.3 is 5.97 Å². The molecule has 0 N–H and O–H groups in total. The molecule has 2 aliphatic rings. The van der Waals surface area contributed by atoms with E-state index in [2.05, 4.69) is 51.4 Å². The Morgan fingerprint density at radius 2 is 2.00 bits per heavy atom. The second kappa shape index (κ2) is 6.36. The fraction of sp³-hybridized carbons (Fsp3) is 0.333. The number of carbonyl (C=O) groups is 1. The molecule has 6 rings (SSSR count). The van der Waals surface area contributed by atoms with Crippen molar-refractivity contribution in [2.24, 2.45) is 5.92 Å². The number of ether oxygens (including phenoxy) is 1. The number of imidazole rings is 1. The second-order valence-corrected chi connectivity index (χ2v) is 8.51. The number of nitrogens with zero attached hydrogens (tertiary/aromatic N) is 4. The van der Waals surface area contributed by atoms with Crippen molar-refractivity contribution in [2.75, 3.05) is 25.6 Å². The highest BCUT2D eigenvalue weighted by Gasteiger charge is 2.28. The van der Waals surface area contributed by atoms with Crippen LogP contribution in [-0.2, 0) is 17.8 Å². The molecule has 0 amide bonds. The SMILES string of the molecule is COC(=O)c1cc2c3c(c1)nc(-c1cc4ccccc4n1CC1CC1)n3CCN2C. The van der Waals surface area contributed by atoms with Crippen LogP contribution >= 0.6 is 0 Å². The molecule has 4 aromatic rings. The summed E-state index contributed by atoms with van der Waals surface area (Å²) in [5.74, 6) is 1.42. The van der Waals surface area contributed by atoms with E-state index in [1.807, 2.05) is 12.1 Å². The monoisotopic (exact) mass is 400 g/mol. The van der Waals surface area contributed by atoms with Crippen molar-refractivity contribution in [1.82, 2.24) is 14.1 Å². The fourth-order valence-electron chi connectivity index (χ4n) is 4.71. The van der Waals surface area contributed by atoms with Gasteiger partial charge in [0.2, 0.25) is 0 Å². The summed E-state index contributed by atoms with van der Waals surface area (Å²) in [5.41, 5.74) is 5.94. The van der Waals surface area contributed by atoms with Gasteiger partial charge in [0.25, 0.3) is 0 Å². The molecule has 2 aromatic carbocycles. The van der Waals surface area contributed by atoms with Crippen molar-refractivity contribution in [3.8, 4) is 11.5 Å². The number of rotatable bonds is 4. The third-order valence-corrected chi connectivity index (χ3v) is 6.49. The minimum Gasteiger partial charge on any atom is -0.465 e. The highest BCUT2D eigenvalue weighted by atomic mass is 16.5. The zero-order valence-corrected chi connectivity index (χ0v) is 17.3. The van der Waals surface area contributed by atoms with Crippen LogP contribution in [0, 0.1) is 5.92 Å². The largest absolute Gasteiger partial charge is 0.465 e. The van der Waals surface area contributed by atoms with Crippen molar-refractivity contribution in [3.05, 3.63) is 48.0 Å². The maximum Gasteiger partial charge on any atom is 0.338 e. The summed E-state index contributed by atoms with van der Waals surface area (Å²) in [6, 6.07) is 14.6. The molecule has 0 bridgehead atoms. The fourth-order valence-corrected chi connectivity index (χ4v) is 4.71. The number of fused-ring (bicyclic) bond motifs is 1. The Kier molecular flexibility index (Phi) is 3.72. The van der Waals surface area contributed by atoms with Crippen LogP contribution in [0.3, 0.4) is 0 Å². The Morgan fingerprint density at radius 1 is 1.17 bits per heavy atom. The number of hydrogen-bond acceptors (Lipinski definition) is 4. The first-order valence-electron chi connectivity index (χ1n) is 10.6. The molecule has 6 heteroatoms. The number of hydrogen-bond donors (Lipinski definition) is 0. The van der Waals surface area contributed by atoms with E-state index in [9.17, 15) is 4.79 Å². The summed E-state index contributed by atoms with van der Waals surface area (Å²) < 4.78 is 9.74. The maximum absolute atomic E-state index is 12.2. The van der Waals surface area contributed by atoms with Crippen molar-refractivity contribution < 1.29 is 9.53 Å². The summed E-state index contributed by atoms with van der Waals surface area (Å²) in [6.45, 7) is 2.78. The number of methoxy groups -OCH3 is 1. The molecular formula is C24H24N4O2. The smallest absolute Gasteiger partial charge is 0.338 e. The lowest BCUT2D eigenvalue weighted by Crippen LogP contribution is -2.28. The molecule has 0 saturated heterocycles. The van der Waals surface area contributed by atoms with Gasteiger partial charge in [0.05, 0.1) is 35.1 Å². The van der Waals surface area contributed by atoms with Gasteiger partial charge in [0.1, 0.15) is 0 Å². The number of aromatic nitrogens is 3. The number of esters is 1. The van der Waals surface area contributed by atoms with Gasteiger partial charge in [-0.05, 0) is 43.0 Å². The van der Waals surface area contributed by atoms with Crippen LogP contribution in [0.4, 0.5) is 5.69 Å². The molecule has 3 heterocycles. The van der Waals surface area contributed by atoms with Gasteiger partial charge in [-0.15, -0.1) is 0 Å². The first-order chi connectivity index (χ1) is 14.6. The van der Waals surface area contributed by atoms with Crippen LogP contribution in [0.5, 0.6) is 0 Å². The quantitative estimate of drug-likeness (QED) is 0.479. The number of carbonyl (C=O) groups excluding carboxylic acids is 1. The second-order valence-electron chi connectivity index (χ2n) is 8.51. The van der Waals surface area contributed by atoms with Gasteiger partial charge in [-0.25, -0.2) is 9.78 Å². The molecule has 1 aliphatic heterocycles. The molecule has 6 nitrogen and oxygen atoms in total. The summed E-state index contributed by atoms with van der Waals surface area (Å²) in [7, 11) is 3.48. The summed E-state index contributed by atoms with van der Waals surface area (Å²) in [5, 5.41) is 1.25. The van der Waals surface area contributed by atoms with E-state index in [0.717, 1.165) is 53.8 Å². The third-order valence-electron chi connectivity index (χ3n) is 6.49. The molecule has 0 atom stereocenters. The molecular weight excluding hydrogens is 376 g/mol. The Morgan fingerprint density at radius 3 is 2.80 bits per heavy atom. The zero-order valence-electron chi connectivity index (χ0n) is 17.3. The summed E-state index contributed by atoms with van der Waals surface area (Å²) in [6.07, 6.45) is 2.61. The van der Waals surface area contributed by atoms with E-state index >= 15 is 0 Å². The molecule has 30 heavy (non-hydrogen) atoms. The maximum atomic E-state index is 12.2. The molecule has 1 saturated carbocycles. The van der Waals surface area contributed by atoms with Crippen LogP contribution in [-0.4, -0.2) is 40.8 Å². The van der Waals surface area contributed by atoms with Gasteiger partial charge in [-0.2, -0.15) is 0 Å². The van der Waals surface area contributed by atoms with E-state index in [4.69, 9.17) is 9.72 Å². The van der Waals surface area contributed by atoms with Crippen molar-refractivity contribution >= 4 is 33.6 Å². The third kappa shape index (κ3) is 2.56. The van der Waals surface area contributed by atoms with E-state index in [1.165, 1.54) is 30.9 Å². The van der Waals surface area contributed by atoms with Crippen molar-refractivity contribution in [1.29, 1.82) is 0 Å². The summed E-state index contributed by atoms with van der Waals surface area (Å²) in [4.78, 5) is 19.5. The standard InChI is InChI=1S/C24H24N4O2/c1-26-9-10-27-22-18(11-17(13-20(22)26)24(29)30-2)25-23(27)21-12-16-5-3-4-6-19(16)28(21)14-15-7-8-15/h3-6,11-13,15H,7-10,14H2,1-2H3. The van der Waals surface area contributed by atoms with Gasteiger partial charge in [-0.1, -0.05) is 18.2 Å². The predicted octanol–water partition coefficient (Wildman–Crippen LogP) is 4.30. The van der Waals surface area contributed by atoms with E-state index in [0.29, 0.717) is 5.56 Å². The van der Waals surface area contributed by atoms with E-state index in [-0.39, 0.29) is 5.97 Å². The minimum atomic E-state index is -0.328. The molecule has 0 radical (unpaired) electrons. The van der Waals surface area contributed by atoms with Crippen LogP contribution < -0.4 is 4.90 Å². The van der Waals surface area contributed by atoms with Crippen LogP contribution in [0.25, 0.3) is 33.5 Å². The molecule has 2 aromatic heterocycles. The zero-order chi connectivity index (χ0) is 20.4. The lowest BCUT2D eigenvalue weighted by molar-refractivity contribution is 0.0601. The molecule has 152 valence electrons. The topological polar surface area (TPSA) is 52.3 Å². The normalized spacial score (nSPS) is 15.9. The molecule has 1 aliphatic carbocycles. The summed E-state index contributed by atoms with van der Waals surface area (Å²) >= 11 is 0. The molecule has 1 fully saturated rings. The van der Waals surface area contributed by atoms with Crippen LogP contribution in [0.1, 0.15) is 23.2 Å². The number of para-hydroxylation sites is 1. The first-order valence-corrected chi connectivity index (χ1v) is 10.6. The Labute approximate surface area is 174 Å². The van der Waals surface area contributed by atoms with E-state index in [1.54, 1.807) is 0 Å². The van der Waals surface area contributed by atoms with Gasteiger partial charge < -0.3 is 18.8 Å². The predicted molar refractivity (Wildman–Crippen MR) is 118 cm³/mol. The minimum absolute atomic E-state index is 0.328. The molecule has 0 spiro atoms. The highest BCUT2D eigenvalue weighted by molar-refractivity contribution is 6.01. The lowest BCUT2D eigenvalue weighted by Gasteiger charge is -2.27. The van der Waals surface area contributed by atoms with Gasteiger partial charge in [0, 0.05) is 37.6 Å². The molecule has 0 unspecified atom stereocenters. The van der Waals surface area contributed by atoms with Crippen molar-refractivity contribution in [3.63, 3.8) is 0 Å². The average Bonchev–Trinajstić information content (AvgIpc) is 3.41. The average molecular weight is 400 g/mol.